The zero-order valence-corrected chi connectivity index (χ0v) is 13.4. The van der Waals surface area contributed by atoms with Crippen molar-refractivity contribution in [1.29, 1.82) is 0 Å². The van der Waals surface area contributed by atoms with E-state index in [-0.39, 0.29) is 17.8 Å². The minimum atomic E-state index is -0.161. The van der Waals surface area contributed by atoms with Crippen molar-refractivity contribution in [2.24, 2.45) is 0 Å². The average Bonchev–Trinajstić information content (AvgIpc) is 2.92. The predicted octanol–water partition coefficient (Wildman–Crippen LogP) is 3.89. The van der Waals surface area contributed by atoms with Crippen molar-refractivity contribution < 1.29 is 9.13 Å². The third-order valence-corrected chi connectivity index (χ3v) is 4.53. The topological polar surface area (TPSA) is 21.3 Å². The summed E-state index contributed by atoms with van der Waals surface area (Å²) >= 11 is 3.41. The largest absolute Gasteiger partial charge is 0.493 e. The van der Waals surface area contributed by atoms with Gasteiger partial charge in [0.2, 0.25) is 0 Å². The van der Waals surface area contributed by atoms with Crippen LogP contribution >= 0.6 is 15.9 Å². The molecule has 0 radical (unpaired) electrons. The number of halogens is 2. The summed E-state index contributed by atoms with van der Waals surface area (Å²) in [5, 5.41) is 3.32. The number of nitrogens with one attached hydrogen (secondary N) is 1. The van der Waals surface area contributed by atoms with E-state index in [1.165, 1.54) is 11.6 Å². The van der Waals surface area contributed by atoms with Gasteiger partial charge in [0, 0.05) is 22.0 Å². The first kappa shape index (κ1) is 14.5. The molecule has 0 aromatic heterocycles. The molecule has 0 bridgehead atoms. The lowest BCUT2D eigenvalue weighted by Gasteiger charge is -2.22. The Balaban J connectivity index is 1.85. The number of hydrogen-bond acceptors (Lipinski definition) is 2. The summed E-state index contributed by atoms with van der Waals surface area (Å²) in [5.74, 6) is 1.02. The molecule has 0 aliphatic carbocycles. The van der Waals surface area contributed by atoms with E-state index in [9.17, 15) is 4.39 Å². The van der Waals surface area contributed by atoms with Gasteiger partial charge in [-0.15, -0.1) is 0 Å². The summed E-state index contributed by atoms with van der Waals surface area (Å²) in [6.07, 6.45) is 0.629. The van der Waals surface area contributed by atoms with Crippen molar-refractivity contribution >= 4 is 15.9 Å². The molecule has 2 unspecified atom stereocenters. The van der Waals surface area contributed by atoms with Gasteiger partial charge in [0.25, 0.3) is 0 Å². The van der Waals surface area contributed by atoms with Crippen LogP contribution < -0.4 is 10.1 Å². The van der Waals surface area contributed by atoms with E-state index in [0.29, 0.717) is 18.6 Å². The van der Waals surface area contributed by atoms with Gasteiger partial charge < -0.3 is 10.1 Å². The highest BCUT2D eigenvalue weighted by Crippen LogP contribution is 2.36. The molecule has 0 amide bonds. The molecular weight excluding hydrogens is 333 g/mol. The first-order chi connectivity index (χ1) is 10.2. The molecule has 110 valence electrons. The zero-order valence-electron chi connectivity index (χ0n) is 11.8. The van der Waals surface area contributed by atoms with Crippen LogP contribution in [-0.4, -0.2) is 19.7 Å². The van der Waals surface area contributed by atoms with E-state index in [2.05, 4.69) is 27.3 Å². The molecule has 0 spiro atoms. The lowest BCUT2D eigenvalue weighted by atomic mass is 9.89. The van der Waals surface area contributed by atoms with Crippen molar-refractivity contribution in [2.75, 3.05) is 13.7 Å². The van der Waals surface area contributed by atoms with Crippen LogP contribution in [0.2, 0.25) is 0 Å². The average molecular weight is 350 g/mol. The van der Waals surface area contributed by atoms with Gasteiger partial charge in [0.1, 0.15) is 11.6 Å². The smallest absolute Gasteiger partial charge is 0.126 e. The SMILES string of the molecule is CNC(Cc1cc(Br)ccc1F)C1COc2ccccc21. The molecular formula is C17H17BrFNO. The second-order valence-corrected chi connectivity index (χ2v) is 6.21. The van der Waals surface area contributed by atoms with Crippen molar-refractivity contribution in [3.63, 3.8) is 0 Å². The van der Waals surface area contributed by atoms with E-state index in [1.54, 1.807) is 6.07 Å². The van der Waals surface area contributed by atoms with Crippen LogP contribution in [0.3, 0.4) is 0 Å². The number of ether oxygens (including phenoxy) is 1. The summed E-state index contributed by atoms with van der Waals surface area (Å²) < 4.78 is 20.6. The van der Waals surface area contributed by atoms with Crippen LogP contribution in [0.4, 0.5) is 4.39 Å². The molecule has 4 heteroatoms. The number of hydrogen-bond donors (Lipinski definition) is 1. The van der Waals surface area contributed by atoms with Crippen molar-refractivity contribution in [3.8, 4) is 5.75 Å². The van der Waals surface area contributed by atoms with Crippen LogP contribution in [0.15, 0.2) is 46.9 Å². The number of fused-ring (bicyclic) bond motifs is 1. The molecule has 2 nitrogen and oxygen atoms in total. The predicted molar refractivity (Wildman–Crippen MR) is 85.3 cm³/mol. The molecule has 2 atom stereocenters. The number of rotatable bonds is 4. The maximum absolute atomic E-state index is 14.0. The zero-order chi connectivity index (χ0) is 14.8. The number of benzene rings is 2. The van der Waals surface area contributed by atoms with Gasteiger partial charge in [0.15, 0.2) is 0 Å². The van der Waals surface area contributed by atoms with Crippen molar-refractivity contribution in [1.82, 2.24) is 5.32 Å². The standard InChI is InChI=1S/C17H17BrFNO/c1-20-16(9-11-8-12(18)6-7-15(11)19)14-10-21-17-5-3-2-4-13(14)17/h2-8,14,16,20H,9-10H2,1H3. The van der Waals surface area contributed by atoms with Gasteiger partial charge in [0.05, 0.1) is 6.61 Å². The van der Waals surface area contributed by atoms with E-state index >= 15 is 0 Å². The molecule has 2 aromatic carbocycles. The molecule has 1 heterocycles. The normalized spacial score (nSPS) is 18.1. The second kappa shape index (κ2) is 6.16. The Kier molecular flexibility index (Phi) is 4.27. The summed E-state index contributed by atoms with van der Waals surface area (Å²) in [7, 11) is 1.92. The Morgan fingerprint density at radius 1 is 1.33 bits per heavy atom. The third kappa shape index (κ3) is 2.97. The van der Waals surface area contributed by atoms with Gasteiger partial charge >= 0.3 is 0 Å². The van der Waals surface area contributed by atoms with E-state index in [0.717, 1.165) is 10.2 Å². The molecule has 1 aliphatic rings. The second-order valence-electron chi connectivity index (χ2n) is 5.29. The van der Waals surface area contributed by atoms with Crippen LogP contribution in [0, 0.1) is 5.82 Å². The minimum Gasteiger partial charge on any atom is -0.493 e. The minimum absolute atomic E-state index is 0.137. The highest BCUT2D eigenvalue weighted by Gasteiger charge is 2.30. The van der Waals surface area contributed by atoms with Gasteiger partial charge in [-0.05, 0) is 43.3 Å². The Bertz CT molecular complexity index is 646. The fourth-order valence-electron chi connectivity index (χ4n) is 2.90. The first-order valence-corrected chi connectivity index (χ1v) is 7.81. The molecule has 0 fully saturated rings. The van der Waals surface area contributed by atoms with Gasteiger partial charge in [-0.25, -0.2) is 4.39 Å². The summed E-state index contributed by atoms with van der Waals surface area (Å²) in [6.45, 7) is 0.639. The number of para-hydroxylation sites is 1. The maximum atomic E-state index is 14.0. The summed E-state index contributed by atoms with van der Waals surface area (Å²) in [5.41, 5.74) is 1.92. The molecule has 1 N–H and O–H groups in total. The molecule has 2 aromatic rings. The monoisotopic (exact) mass is 349 g/mol. The van der Waals surface area contributed by atoms with Gasteiger partial charge in [-0.2, -0.15) is 0 Å². The summed E-state index contributed by atoms with van der Waals surface area (Å²) in [4.78, 5) is 0. The third-order valence-electron chi connectivity index (χ3n) is 4.04. The lowest BCUT2D eigenvalue weighted by molar-refractivity contribution is 0.301. The highest BCUT2D eigenvalue weighted by atomic mass is 79.9. The van der Waals surface area contributed by atoms with Crippen LogP contribution in [0.25, 0.3) is 0 Å². The fourth-order valence-corrected chi connectivity index (χ4v) is 3.31. The Labute approximate surface area is 132 Å². The highest BCUT2D eigenvalue weighted by molar-refractivity contribution is 9.10. The lowest BCUT2D eigenvalue weighted by Crippen LogP contribution is -2.35. The van der Waals surface area contributed by atoms with Crippen LogP contribution in [-0.2, 0) is 6.42 Å². The first-order valence-electron chi connectivity index (χ1n) is 7.02. The summed E-state index contributed by atoms with van der Waals surface area (Å²) in [6, 6.07) is 13.3. The van der Waals surface area contributed by atoms with E-state index in [4.69, 9.17) is 4.74 Å². The number of likely N-dealkylation sites (N-methyl/N-ethyl adjacent to an activating group) is 1. The maximum Gasteiger partial charge on any atom is 0.126 e. The fraction of sp³-hybridized carbons (Fsp3) is 0.294. The molecule has 3 rings (SSSR count). The van der Waals surface area contributed by atoms with Crippen LogP contribution in [0.1, 0.15) is 17.0 Å². The van der Waals surface area contributed by atoms with Gasteiger partial charge in [-0.1, -0.05) is 34.1 Å². The molecule has 21 heavy (non-hydrogen) atoms. The van der Waals surface area contributed by atoms with Crippen molar-refractivity contribution in [3.05, 3.63) is 63.9 Å². The van der Waals surface area contributed by atoms with E-state index < -0.39 is 0 Å². The molecule has 0 saturated carbocycles. The van der Waals surface area contributed by atoms with E-state index in [1.807, 2.05) is 31.3 Å². The quantitative estimate of drug-likeness (QED) is 0.903. The molecule has 0 saturated heterocycles. The molecule has 1 aliphatic heterocycles. The Morgan fingerprint density at radius 2 is 2.14 bits per heavy atom. The Morgan fingerprint density at radius 3 is 2.95 bits per heavy atom. The van der Waals surface area contributed by atoms with Gasteiger partial charge in [-0.3, -0.25) is 0 Å². The Hall–Kier alpha value is -1.39. The van der Waals surface area contributed by atoms with Crippen LogP contribution in [0.5, 0.6) is 5.75 Å². The van der Waals surface area contributed by atoms with Crippen molar-refractivity contribution in [2.45, 2.75) is 18.4 Å².